The summed E-state index contributed by atoms with van der Waals surface area (Å²) >= 11 is 0. The van der Waals surface area contributed by atoms with Gasteiger partial charge in [0.05, 0.1) is 5.69 Å². The number of anilines is 2. The van der Waals surface area contributed by atoms with Gasteiger partial charge in [0, 0.05) is 17.7 Å². The molecule has 0 radical (unpaired) electrons. The summed E-state index contributed by atoms with van der Waals surface area (Å²) in [5.41, 5.74) is 2.12. The number of nitrogens with one attached hydrogen (secondary N) is 1. The van der Waals surface area contributed by atoms with Crippen LogP contribution in [-0.4, -0.2) is 35.9 Å². The molecule has 140 valence electrons. The molecule has 2 aromatic rings. The van der Waals surface area contributed by atoms with Crippen LogP contribution >= 0.6 is 0 Å². The van der Waals surface area contributed by atoms with Crippen molar-refractivity contribution in [2.75, 3.05) is 23.4 Å². The van der Waals surface area contributed by atoms with Crippen LogP contribution in [0.2, 0.25) is 0 Å². The summed E-state index contributed by atoms with van der Waals surface area (Å²) < 4.78 is 5.40. The number of phenols is 1. The average molecular weight is 368 g/mol. The van der Waals surface area contributed by atoms with E-state index in [2.05, 4.69) is 5.32 Å². The average Bonchev–Trinajstić information content (AvgIpc) is 2.65. The van der Waals surface area contributed by atoms with Crippen molar-refractivity contribution in [3.05, 3.63) is 47.5 Å². The molecule has 2 amide bonds. The number of rotatable bonds is 5. The van der Waals surface area contributed by atoms with Gasteiger partial charge in [-0.05, 0) is 48.9 Å². The first-order valence-electron chi connectivity index (χ1n) is 8.59. The van der Waals surface area contributed by atoms with Crippen molar-refractivity contribution >= 4 is 29.0 Å². The molecule has 1 heterocycles. The van der Waals surface area contributed by atoms with E-state index in [9.17, 15) is 19.5 Å². The number of ketones is 1. The molecule has 1 aliphatic heterocycles. The van der Waals surface area contributed by atoms with Gasteiger partial charge in [-0.15, -0.1) is 0 Å². The SMILES string of the molecule is CCC(=O)c1ccc2c(c1)N(CC(=O)Nc1ccc(O)cc1C)C(=O)CO2. The Hall–Kier alpha value is -3.35. The number of aryl methyl sites for hydroxylation is 1. The fourth-order valence-corrected chi connectivity index (χ4v) is 2.87. The molecule has 0 spiro atoms. The van der Waals surface area contributed by atoms with Gasteiger partial charge in [-0.25, -0.2) is 0 Å². The first kappa shape index (κ1) is 18.4. The number of Topliss-reactive ketones (excluding diaryl/α,β-unsaturated/α-hetero) is 1. The van der Waals surface area contributed by atoms with Crippen LogP contribution in [0.5, 0.6) is 11.5 Å². The van der Waals surface area contributed by atoms with Crippen LogP contribution in [0.1, 0.15) is 29.3 Å². The summed E-state index contributed by atoms with van der Waals surface area (Å²) in [6.45, 7) is 3.14. The van der Waals surface area contributed by atoms with E-state index in [1.54, 1.807) is 38.1 Å². The third kappa shape index (κ3) is 3.92. The molecule has 0 unspecified atom stereocenters. The van der Waals surface area contributed by atoms with Crippen LogP contribution in [-0.2, 0) is 9.59 Å². The summed E-state index contributed by atoms with van der Waals surface area (Å²) in [4.78, 5) is 38.1. The van der Waals surface area contributed by atoms with E-state index in [0.29, 0.717) is 34.7 Å². The van der Waals surface area contributed by atoms with Crippen molar-refractivity contribution in [2.45, 2.75) is 20.3 Å². The molecule has 1 aliphatic rings. The Morgan fingerprint density at radius 2 is 2.00 bits per heavy atom. The minimum absolute atomic E-state index is 0.0556. The van der Waals surface area contributed by atoms with E-state index in [4.69, 9.17) is 4.74 Å². The standard InChI is InChI=1S/C20H20N2O5/c1-3-17(24)13-4-7-18-16(9-13)22(20(26)11-27-18)10-19(25)21-15-6-5-14(23)8-12(15)2/h4-9,23H,3,10-11H2,1-2H3,(H,21,25). The second-order valence-corrected chi connectivity index (χ2v) is 6.28. The maximum atomic E-state index is 12.5. The van der Waals surface area contributed by atoms with Gasteiger partial charge in [-0.2, -0.15) is 0 Å². The Kier molecular flexibility index (Phi) is 5.12. The monoisotopic (exact) mass is 368 g/mol. The van der Waals surface area contributed by atoms with Crippen molar-refractivity contribution in [3.8, 4) is 11.5 Å². The van der Waals surface area contributed by atoms with E-state index in [1.807, 2.05) is 0 Å². The number of hydrogen-bond donors (Lipinski definition) is 2. The quantitative estimate of drug-likeness (QED) is 0.625. The van der Waals surface area contributed by atoms with Gasteiger partial charge in [0.15, 0.2) is 12.4 Å². The Labute approximate surface area is 156 Å². The van der Waals surface area contributed by atoms with Crippen molar-refractivity contribution in [1.29, 1.82) is 0 Å². The zero-order valence-electron chi connectivity index (χ0n) is 15.1. The van der Waals surface area contributed by atoms with Gasteiger partial charge in [0.25, 0.3) is 5.91 Å². The summed E-state index contributed by atoms with van der Waals surface area (Å²) in [5.74, 6) is -0.245. The highest BCUT2D eigenvalue weighted by molar-refractivity contribution is 6.06. The first-order chi connectivity index (χ1) is 12.9. The summed E-state index contributed by atoms with van der Waals surface area (Å²) in [6, 6.07) is 9.47. The second kappa shape index (κ2) is 7.49. The number of carbonyl (C=O) groups excluding carboxylic acids is 3. The molecular formula is C20H20N2O5. The van der Waals surface area contributed by atoms with Gasteiger partial charge in [0.1, 0.15) is 18.0 Å². The van der Waals surface area contributed by atoms with Gasteiger partial charge < -0.3 is 15.2 Å². The topological polar surface area (TPSA) is 95.9 Å². The zero-order valence-corrected chi connectivity index (χ0v) is 15.1. The lowest BCUT2D eigenvalue weighted by Crippen LogP contribution is -2.43. The highest BCUT2D eigenvalue weighted by atomic mass is 16.5. The Bertz CT molecular complexity index is 923. The molecule has 0 saturated carbocycles. The maximum Gasteiger partial charge on any atom is 0.265 e. The molecule has 0 aromatic heterocycles. The zero-order chi connectivity index (χ0) is 19.6. The van der Waals surface area contributed by atoms with Crippen LogP contribution < -0.4 is 15.0 Å². The minimum atomic E-state index is -0.391. The Morgan fingerprint density at radius 3 is 2.70 bits per heavy atom. The van der Waals surface area contributed by atoms with Crippen LogP contribution in [0, 0.1) is 6.92 Å². The molecule has 0 atom stereocenters. The van der Waals surface area contributed by atoms with E-state index in [0.717, 1.165) is 0 Å². The number of nitrogens with zero attached hydrogens (tertiary/aromatic N) is 1. The van der Waals surface area contributed by atoms with Crippen molar-refractivity contribution in [1.82, 2.24) is 0 Å². The largest absolute Gasteiger partial charge is 0.508 e. The molecular weight excluding hydrogens is 348 g/mol. The fourth-order valence-electron chi connectivity index (χ4n) is 2.87. The number of aromatic hydroxyl groups is 1. The minimum Gasteiger partial charge on any atom is -0.508 e. The van der Waals surface area contributed by atoms with Crippen LogP contribution in [0.4, 0.5) is 11.4 Å². The molecule has 0 bridgehead atoms. The number of fused-ring (bicyclic) bond motifs is 1. The third-order valence-corrected chi connectivity index (χ3v) is 4.33. The molecule has 0 aliphatic carbocycles. The van der Waals surface area contributed by atoms with Crippen molar-refractivity contribution < 1.29 is 24.2 Å². The number of amides is 2. The molecule has 7 nitrogen and oxygen atoms in total. The highest BCUT2D eigenvalue weighted by Crippen LogP contribution is 2.33. The maximum absolute atomic E-state index is 12.5. The van der Waals surface area contributed by atoms with Crippen LogP contribution in [0.15, 0.2) is 36.4 Å². The lowest BCUT2D eigenvalue weighted by Gasteiger charge is -2.29. The van der Waals surface area contributed by atoms with Crippen LogP contribution in [0.25, 0.3) is 0 Å². The highest BCUT2D eigenvalue weighted by Gasteiger charge is 2.28. The molecule has 2 N–H and O–H groups in total. The normalized spacial score (nSPS) is 13.0. The van der Waals surface area contributed by atoms with Gasteiger partial charge in [0.2, 0.25) is 5.91 Å². The van der Waals surface area contributed by atoms with Gasteiger partial charge in [-0.1, -0.05) is 6.92 Å². The molecule has 27 heavy (non-hydrogen) atoms. The number of phenolic OH excluding ortho intramolecular Hbond substituents is 1. The van der Waals surface area contributed by atoms with E-state index < -0.39 is 5.91 Å². The fraction of sp³-hybridized carbons (Fsp3) is 0.250. The predicted molar refractivity (Wildman–Crippen MR) is 100 cm³/mol. The second-order valence-electron chi connectivity index (χ2n) is 6.28. The number of benzene rings is 2. The summed E-state index contributed by atoms with van der Waals surface area (Å²) in [5, 5.41) is 12.2. The smallest absolute Gasteiger partial charge is 0.265 e. The summed E-state index contributed by atoms with van der Waals surface area (Å²) in [7, 11) is 0. The first-order valence-corrected chi connectivity index (χ1v) is 8.59. The van der Waals surface area contributed by atoms with E-state index in [1.165, 1.54) is 17.0 Å². The molecule has 7 heteroatoms. The number of carbonyl (C=O) groups is 3. The van der Waals surface area contributed by atoms with Crippen LogP contribution in [0.3, 0.4) is 0 Å². The lowest BCUT2D eigenvalue weighted by molar-refractivity contribution is -0.123. The van der Waals surface area contributed by atoms with E-state index >= 15 is 0 Å². The molecule has 0 saturated heterocycles. The molecule has 0 fully saturated rings. The predicted octanol–water partition coefficient (Wildman–Crippen LogP) is 2.66. The third-order valence-electron chi connectivity index (χ3n) is 4.33. The van der Waals surface area contributed by atoms with E-state index in [-0.39, 0.29) is 30.6 Å². The Balaban J connectivity index is 1.83. The number of hydrogen-bond acceptors (Lipinski definition) is 5. The summed E-state index contributed by atoms with van der Waals surface area (Å²) in [6.07, 6.45) is 0.341. The van der Waals surface area contributed by atoms with Crippen molar-refractivity contribution in [3.63, 3.8) is 0 Å². The van der Waals surface area contributed by atoms with Crippen molar-refractivity contribution in [2.24, 2.45) is 0 Å². The lowest BCUT2D eigenvalue weighted by atomic mass is 10.1. The molecule has 3 rings (SSSR count). The van der Waals surface area contributed by atoms with Gasteiger partial charge >= 0.3 is 0 Å². The number of ether oxygens (including phenoxy) is 1. The van der Waals surface area contributed by atoms with Gasteiger partial charge in [-0.3, -0.25) is 19.3 Å². The Morgan fingerprint density at radius 1 is 1.22 bits per heavy atom. The molecule has 2 aromatic carbocycles.